The first-order valence-electron chi connectivity index (χ1n) is 6.78. The molecule has 23 heavy (non-hydrogen) atoms. The van der Waals surface area contributed by atoms with Gasteiger partial charge in [0.05, 0.1) is 9.95 Å². The molecule has 9 heteroatoms. The van der Waals surface area contributed by atoms with Gasteiger partial charge in [-0.25, -0.2) is 4.79 Å². The van der Waals surface area contributed by atoms with Gasteiger partial charge in [0.15, 0.2) is 0 Å². The van der Waals surface area contributed by atoms with Gasteiger partial charge in [0, 0.05) is 24.2 Å². The number of non-ortho nitro benzene ring substituents is 1. The van der Waals surface area contributed by atoms with Crippen molar-refractivity contribution < 1.29 is 24.7 Å². The number of nitrogens with zero attached hydrogens (tertiary/aromatic N) is 1. The number of alkyl carbamates (subject to hydrolysis) is 1. The summed E-state index contributed by atoms with van der Waals surface area (Å²) in [4.78, 5) is 21.5. The van der Waals surface area contributed by atoms with Gasteiger partial charge >= 0.3 is 6.09 Å². The van der Waals surface area contributed by atoms with Crippen LogP contribution in [-0.4, -0.2) is 39.5 Å². The van der Waals surface area contributed by atoms with Crippen molar-refractivity contribution in [3.8, 4) is 0 Å². The van der Waals surface area contributed by atoms with E-state index in [0.717, 1.165) is 6.07 Å². The summed E-state index contributed by atoms with van der Waals surface area (Å²) in [7, 11) is 0. The van der Waals surface area contributed by atoms with Crippen LogP contribution in [-0.2, 0) is 4.74 Å². The topological polar surface area (TPSA) is 122 Å². The summed E-state index contributed by atoms with van der Waals surface area (Å²) in [5.41, 5.74) is -0.793. The van der Waals surface area contributed by atoms with Crippen LogP contribution in [0.4, 0.5) is 10.5 Å². The molecule has 1 aromatic rings. The van der Waals surface area contributed by atoms with E-state index in [2.05, 4.69) is 5.32 Å². The van der Waals surface area contributed by atoms with Crippen molar-refractivity contribution in [2.75, 3.05) is 6.54 Å². The smallest absolute Gasteiger partial charge is 0.407 e. The van der Waals surface area contributed by atoms with Crippen molar-refractivity contribution in [3.63, 3.8) is 0 Å². The molecule has 0 aliphatic carbocycles. The molecular weight excluding hydrogens is 328 g/mol. The summed E-state index contributed by atoms with van der Waals surface area (Å²) in [5.74, 6) is 0. The van der Waals surface area contributed by atoms with Gasteiger partial charge in [-0.1, -0.05) is 11.6 Å². The van der Waals surface area contributed by atoms with E-state index < -0.39 is 28.8 Å². The lowest BCUT2D eigenvalue weighted by molar-refractivity contribution is -0.384. The van der Waals surface area contributed by atoms with Gasteiger partial charge < -0.3 is 20.3 Å². The predicted octanol–water partition coefficient (Wildman–Crippen LogP) is 2.17. The van der Waals surface area contributed by atoms with Gasteiger partial charge in [0.2, 0.25) is 0 Å². The number of amides is 1. The maximum absolute atomic E-state index is 11.5. The third-order valence-corrected chi connectivity index (χ3v) is 3.06. The lowest BCUT2D eigenvalue weighted by atomic mass is 10.0. The Morgan fingerprint density at radius 2 is 2.04 bits per heavy atom. The summed E-state index contributed by atoms with van der Waals surface area (Å²) < 4.78 is 5.00. The van der Waals surface area contributed by atoms with Crippen molar-refractivity contribution in [1.29, 1.82) is 0 Å². The SMILES string of the molecule is CC(C)(C)OC(=O)NCC(O)C(O)c1ccc([N+](=O)[O-])cc1Cl. The number of carbonyl (C=O) groups is 1. The predicted molar refractivity (Wildman–Crippen MR) is 83.3 cm³/mol. The van der Waals surface area contributed by atoms with E-state index in [1.165, 1.54) is 12.1 Å². The van der Waals surface area contributed by atoms with Crippen molar-refractivity contribution in [2.45, 2.75) is 38.6 Å². The second-order valence-electron chi connectivity index (χ2n) is 5.86. The summed E-state index contributed by atoms with van der Waals surface area (Å²) in [6.45, 7) is 4.79. The zero-order valence-electron chi connectivity index (χ0n) is 12.9. The van der Waals surface area contributed by atoms with Gasteiger partial charge in [-0.05, 0) is 26.8 Å². The minimum atomic E-state index is -1.42. The maximum Gasteiger partial charge on any atom is 0.407 e. The number of nitro groups is 1. The van der Waals surface area contributed by atoms with Crippen LogP contribution in [0.5, 0.6) is 0 Å². The highest BCUT2D eigenvalue weighted by Gasteiger charge is 2.24. The molecule has 0 heterocycles. The monoisotopic (exact) mass is 346 g/mol. The summed E-state index contributed by atoms with van der Waals surface area (Å²) in [6.07, 6.45) is -3.52. The summed E-state index contributed by atoms with van der Waals surface area (Å²) >= 11 is 5.87. The number of aliphatic hydroxyl groups is 2. The minimum absolute atomic E-state index is 0.0528. The van der Waals surface area contributed by atoms with Crippen LogP contribution in [0.3, 0.4) is 0 Å². The lowest BCUT2D eigenvalue weighted by Crippen LogP contribution is -2.38. The highest BCUT2D eigenvalue weighted by molar-refractivity contribution is 6.31. The number of halogens is 1. The quantitative estimate of drug-likeness (QED) is 0.554. The van der Waals surface area contributed by atoms with Crippen LogP contribution >= 0.6 is 11.6 Å². The molecule has 0 aliphatic heterocycles. The molecule has 1 aromatic carbocycles. The third kappa shape index (κ3) is 6.01. The number of benzene rings is 1. The number of aliphatic hydroxyl groups excluding tert-OH is 2. The van der Waals surface area contributed by atoms with E-state index in [0.29, 0.717) is 0 Å². The number of nitrogens with one attached hydrogen (secondary N) is 1. The molecule has 0 aliphatic rings. The van der Waals surface area contributed by atoms with E-state index >= 15 is 0 Å². The number of hydrogen-bond acceptors (Lipinski definition) is 6. The second-order valence-corrected chi connectivity index (χ2v) is 6.27. The fraction of sp³-hybridized carbons (Fsp3) is 0.500. The second kappa shape index (κ2) is 7.58. The molecule has 0 fully saturated rings. The van der Waals surface area contributed by atoms with Crippen LogP contribution < -0.4 is 5.32 Å². The largest absolute Gasteiger partial charge is 0.444 e. The Morgan fingerprint density at radius 1 is 1.43 bits per heavy atom. The Labute approximate surface area is 138 Å². The van der Waals surface area contributed by atoms with Gasteiger partial charge in [-0.2, -0.15) is 0 Å². The van der Waals surface area contributed by atoms with E-state index in [9.17, 15) is 25.1 Å². The first-order chi connectivity index (χ1) is 10.5. The molecule has 0 radical (unpaired) electrons. The molecule has 1 amide bonds. The Hall–Kier alpha value is -1.90. The van der Waals surface area contributed by atoms with E-state index in [1.807, 2.05) is 0 Å². The minimum Gasteiger partial charge on any atom is -0.444 e. The standard InChI is InChI=1S/C14H19ClN2O6/c1-14(2,3)23-13(20)16-7-11(18)12(19)9-5-4-8(17(21)22)6-10(9)15/h4-6,11-12,18-19H,7H2,1-3H3,(H,16,20). The molecule has 2 unspecified atom stereocenters. The number of rotatable bonds is 5. The zero-order valence-corrected chi connectivity index (χ0v) is 13.7. The number of ether oxygens (including phenoxy) is 1. The molecule has 128 valence electrons. The Kier molecular flexibility index (Phi) is 6.31. The van der Waals surface area contributed by atoms with Crippen molar-refractivity contribution in [3.05, 3.63) is 38.9 Å². The molecule has 0 saturated carbocycles. The number of nitro benzene ring substituents is 1. The number of hydrogen-bond donors (Lipinski definition) is 3. The summed E-state index contributed by atoms with van der Waals surface area (Å²) in [6, 6.07) is 3.49. The van der Waals surface area contributed by atoms with Crippen molar-refractivity contribution in [1.82, 2.24) is 5.32 Å². The molecule has 2 atom stereocenters. The van der Waals surface area contributed by atoms with Crippen LogP contribution in [0.1, 0.15) is 32.4 Å². The zero-order chi connectivity index (χ0) is 17.8. The maximum atomic E-state index is 11.5. The molecule has 3 N–H and O–H groups in total. The third-order valence-electron chi connectivity index (χ3n) is 2.73. The molecule has 0 bridgehead atoms. The van der Waals surface area contributed by atoms with Gasteiger partial charge in [0.25, 0.3) is 5.69 Å². The van der Waals surface area contributed by atoms with Crippen molar-refractivity contribution in [2.24, 2.45) is 0 Å². The average molecular weight is 347 g/mol. The normalized spacial score (nSPS) is 14.0. The highest BCUT2D eigenvalue weighted by atomic mass is 35.5. The van der Waals surface area contributed by atoms with Crippen molar-refractivity contribution >= 4 is 23.4 Å². The van der Waals surface area contributed by atoms with Gasteiger partial charge in [-0.3, -0.25) is 10.1 Å². The lowest BCUT2D eigenvalue weighted by Gasteiger charge is -2.22. The molecule has 0 spiro atoms. The highest BCUT2D eigenvalue weighted by Crippen LogP contribution is 2.28. The van der Waals surface area contributed by atoms with Crippen LogP contribution in [0, 0.1) is 10.1 Å². The van der Waals surface area contributed by atoms with Crippen LogP contribution in [0.2, 0.25) is 5.02 Å². The first-order valence-corrected chi connectivity index (χ1v) is 7.16. The molecule has 8 nitrogen and oxygen atoms in total. The van der Waals surface area contributed by atoms with E-state index in [4.69, 9.17) is 16.3 Å². The first kappa shape index (κ1) is 19.1. The average Bonchev–Trinajstić information content (AvgIpc) is 2.41. The molecule has 0 saturated heterocycles. The van der Waals surface area contributed by atoms with Gasteiger partial charge in [0.1, 0.15) is 17.8 Å². The molecular formula is C14H19ClN2O6. The van der Waals surface area contributed by atoms with Crippen LogP contribution in [0.15, 0.2) is 18.2 Å². The fourth-order valence-electron chi connectivity index (χ4n) is 1.69. The van der Waals surface area contributed by atoms with E-state index in [1.54, 1.807) is 20.8 Å². The van der Waals surface area contributed by atoms with E-state index in [-0.39, 0.29) is 22.8 Å². The Bertz CT molecular complexity index is 587. The molecule has 1 rings (SSSR count). The Morgan fingerprint density at radius 3 is 2.52 bits per heavy atom. The Balaban J connectivity index is 2.68. The van der Waals surface area contributed by atoms with Gasteiger partial charge in [-0.15, -0.1) is 0 Å². The number of carbonyl (C=O) groups excluding carboxylic acids is 1. The van der Waals surface area contributed by atoms with Crippen LogP contribution in [0.25, 0.3) is 0 Å². The fourth-order valence-corrected chi connectivity index (χ4v) is 1.98. The summed E-state index contributed by atoms with van der Waals surface area (Å²) in [5, 5.41) is 32.9. The molecule has 0 aromatic heterocycles.